The van der Waals surface area contributed by atoms with E-state index in [2.05, 4.69) is 27.1 Å². The minimum absolute atomic E-state index is 0.573. The van der Waals surface area contributed by atoms with Gasteiger partial charge in [0.15, 0.2) is 0 Å². The molecule has 7 nitrogen and oxygen atoms in total. The second kappa shape index (κ2) is 9.81. The highest BCUT2D eigenvalue weighted by molar-refractivity contribution is 6.30. The van der Waals surface area contributed by atoms with Crippen LogP contribution in [0.15, 0.2) is 10.6 Å². The molecule has 2 aliphatic heterocycles. The van der Waals surface area contributed by atoms with Crippen LogP contribution < -0.4 is 0 Å². The van der Waals surface area contributed by atoms with Crippen molar-refractivity contribution >= 4 is 11.6 Å². The molecule has 30 heavy (non-hydrogen) atoms. The van der Waals surface area contributed by atoms with E-state index in [0.29, 0.717) is 11.2 Å². The minimum Gasteiger partial charge on any atom is -0.381 e. The van der Waals surface area contributed by atoms with E-state index in [1.807, 2.05) is 20.0 Å². The Hall–Kier alpha value is -1.41. The molecule has 0 radical (unpaired) electrons. The minimum atomic E-state index is 0.573. The van der Waals surface area contributed by atoms with Gasteiger partial charge in [0.2, 0.25) is 0 Å². The SMILES string of the molecule is Cc1cc(-c2nn(C)c(Cl)c2CN2CCCCC(N(C)CC3CCOCC3)C2)no1. The molecule has 4 rings (SSSR count). The van der Waals surface area contributed by atoms with Crippen LogP contribution in [0.2, 0.25) is 5.15 Å². The number of hydrogen-bond donors (Lipinski definition) is 0. The van der Waals surface area contributed by atoms with E-state index in [1.165, 1.54) is 38.6 Å². The van der Waals surface area contributed by atoms with Gasteiger partial charge in [0.05, 0.1) is 0 Å². The quantitative estimate of drug-likeness (QED) is 0.688. The lowest BCUT2D eigenvalue weighted by Gasteiger charge is -2.34. The molecule has 0 saturated carbocycles. The molecule has 4 heterocycles. The fourth-order valence-corrected chi connectivity index (χ4v) is 4.97. The highest BCUT2D eigenvalue weighted by atomic mass is 35.5. The van der Waals surface area contributed by atoms with Gasteiger partial charge in [0, 0.05) is 57.6 Å². The van der Waals surface area contributed by atoms with Crippen LogP contribution in [0.25, 0.3) is 11.4 Å². The van der Waals surface area contributed by atoms with Gasteiger partial charge in [0.1, 0.15) is 22.3 Å². The van der Waals surface area contributed by atoms with Crippen molar-refractivity contribution in [1.29, 1.82) is 0 Å². The molecule has 166 valence electrons. The summed E-state index contributed by atoms with van der Waals surface area (Å²) in [6.07, 6.45) is 6.12. The molecule has 2 aromatic rings. The van der Waals surface area contributed by atoms with Crippen molar-refractivity contribution in [3.8, 4) is 11.4 Å². The van der Waals surface area contributed by atoms with Crippen molar-refractivity contribution in [3.05, 3.63) is 22.5 Å². The molecule has 0 aromatic carbocycles. The van der Waals surface area contributed by atoms with Gasteiger partial charge in [-0.15, -0.1) is 0 Å². The Balaban J connectivity index is 1.46. The maximum absolute atomic E-state index is 6.65. The fourth-order valence-electron chi connectivity index (χ4n) is 4.78. The first-order valence-electron chi connectivity index (χ1n) is 11.2. The zero-order chi connectivity index (χ0) is 21.1. The number of aryl methyl sites for hydroxylation is 2. The molecular weight excluding hydrogens is 402 g/mol. The topological polar surface area (TPSA) is 59.6 Å². The zero-order valence-electron chi connectivity index (χ0n) is 18.4. The number of likely N-dealkylation sites (N-methyl/N-ethyl adjacent to an activating group) is 1. The monoisotopic (exact) mass is 435 g/mol. The average Bonchev–Trinajstić information content (AvgIpc) is 3.18. The average molecular weight is 436 g/mol. The summed E-state index contributed by atoms with van der Waals surface area (Å²) >= 11 is 6.65. The van der Waals surface area contributed by atoms with Crippen molar-refractivity contribution in [3.63, 3.8) is 0 Å². The van der Waals surface area contributed by atoms with E-state index < -0.39 is 0 Å². The largest absolute Gasteiger partial charge is 0.381 e. The molecule has 8 heteroatoms. The third-order valence-electron chi connectivity index (χ3n) is 6.56. The predicted octanol–water partition coefficient (Wildman–Crippen LogP) is 3.75. The molecule has 2 aliphatic rings. The fraction of sp³-hybridized carbons (Fsp3) is 0.727. The van der Waals surface area contributed by atoms with Gasteiger partial charge < -0.3 is 14.2 Å². The molecular formula is C22H34ClN5O2. The summed E-state index contributed by atoms with van der Waals surface area (Å²) < 4.78 is 12.6. The Morgan fingerprint density at radius 2 is 2.03 bits per heavy atom. The standard InChI is InChI=1S/C22H34ClN5O2/c1-16-12-20(25-30-16)21-19(22(23)27(3)24-21)15-28-9-5-4-6-18(14-28)26(2)13-17-7-10-29-11-8-17/h12,17-18H,4-11,13-15H2,1-3H3. The lowest BCUT2D eigenvalue weighted by atomic mass is 9.98. The van der Waals surface area contributed by atoms with E-state index in [1.54, 1.807) is 4.68 Å². The zero-order valence-corrected chi connectivity index (χ0v) is 19.2. The van der Waals surface area contributed by atoms with Gasteiger partial charge in [-0.3, -0.25) is 9.58 Å². The molecule has 0 spiro atoms. The van der Waals surface area contributed by atoms with E-state index in [4.69, 9.17) is 20.9 Å². The van der Waals surface area contributed by atoms with Crippen LogP contribution in [-0.2, 0) is 18.3 Å². The molecule has 2 saturated heterocycles. The Kier molecular flexibility index (Phi) is 7.13. The molecule has 0 aliphatic carbocycles. The van der Waals surface area contributed by atoms with Crippen LogP contribution in [0, 0.1) is 12.8 Å². The first-order valence-corrected chi connectivity index (χ1v) is 11.5. The van der Waals surface area contributed by atoms with E-state index in [9.17, 15) is 0 Å². The van der Waals surface area contributed by atoms with Gasteiger partial charge in [-0.1, -0.05) is 23.2 Å². The highest BCUT2D eigenvalue weighted by Gasteiger charge is 2.27. The summed E-state index contributed by atoms with van der Waals surface area (Å²) in [6.45, 7) is 7.83. The molecule has 0 N–H and O–H groups in total. The summed E-state index contributed by atoms with van der Waals surface area (Å²) in [5, 5.41) is 9.48. The molecule has 0 bridgehead atoms. The van der Waals surface area contributed by atoms with Crippen molar-refractivity contribution < 1.29 is 9.26 Å². The Labute approximate surface area is 184 Å². The summed E-state index contributed by atoms with van der Waals surface area (Å²) in [4.78, 5) is 5.12. The van der Waals surface area contributed by atoms with E-state index in [-0.39, 0.29) is 0 Å². The van der Waals surface area contributed by atoms with Gasteiger partial charge in [-0.2, -0.15) is 5.10 Å². The molecule has 2 aromatic heterocycles. The summed E-state index contributed by atoms with van der Waals surface area (Å²) in [5.41, 5.74) is 2.63. The van der Waals surface area contributed by atoms with Crippen LogP contribution in [0.1, 0.15) is 43.4 Å². The van der Waals surface area contributed by atoms with Crippen LogP contribution >= 0.6 is 11.6 Å². The van der Waals surface area contributed by atoms with Gasteiger partial charge >= 0.3 is 0 Å². The maximum Gasteiger partial charge on any atom is 0.134 e. The number of halogens is 1. The van der Waals surface area contributed by atoms with Crippen molar-refractivity contribution in [1.82, 2.24) is 24.7 Å². The number of rotatable bonds is 6. The molecule has 0 amide bonds. The third kappa shape index (κ3) is 5.07. The van der Waals surface area contributed by atoms with Crippen molar-refractivity contribution in [2.24, 2.45) is 13.0 Å². The van der Waals surface area contributed by atoms with Crippen molar-refractivity contribution in [2.45, 2.75) is 51.6 Å². The normalized spacial score (nSPS) is 22.0. The number of nitrogens with zero attached hydrogens (tertiary/aromatic N) is 5. The highest BCUT2D eigenvalue weighted by Crippen LogP contribution is 2.30. The second-order valence-electron chi connectivity index (χ2n) is 8.94. The lowest BCUT2D eigenvalue weighted by Crippen LogP contribution is -2.43. The second-order valence-corrected chi connectivity index (χ2v) is 9.30. The molecule has 1 unspecified atom stereocenters. The Morgan fingerprint density at radius 3 is 2.77 bits per heavy atom. The Bertz CT molecular complexity index is 830. The number of aromatic nitrogens is 3. The molecule has 1 atom stereocenters. The van der Waals surface area contributed by atoms with Crippen LogP contribution in [0.3, 0.4) is 0 Å². The van der Waals surface area contributed by atoms with Gasteiger partial charge in [-0.05, 0) is 52.1 Å². The smallest absolute Gasteiger partial charge is 0.134 e. The summed E-state index contributed by atoms with van der Waals surface area (Å²) in [7, 11) is 4.18. The van der Waals surface area contributed by atoms with Gasteiger partial charge in [0.25, 0.3) is 0 Å². The number of ether oxygens (including phenoxy) is 1. The Morgan fingerprint density at radius 1 is 1.23 bits per heavy atom. The number of hydrogen-bond acceptors (Lipinski definition) is 6. The maximum atomic E-state index is 6.65. The van der Waals surface area contributed by atoms with Crippen LogP contribution in [0.4, 0.5) is 0 Å². The van der Waals surface area contributed by atoms with Gasteiger partial charge in [-0.25, -0.2) is 0 Å². The van der Waals surface area contributed by atoms with Crippen molar-refractivity contribution in [2.75, 3.05) is 39.9 Å². The predicted molar refractivity (Wildman–Crippen MR) is 118 cm³/mol. The summed E-state index contributed by atoms with van der Waals surface area (Å²) in [5.74, 6) is 1.54. The van der Waals surface area contributed by atoms with Crippen LogP contribution in [0.5, 0.6) is 0 Å². The van der Waals surface area contributed by atoms with E-state index in [0.717, 1.165) is 61.5 Å². The third-order valence-corrected chi connectivity index (χ3v) is 7.04. The first-order chi connectivity index (χ1) is 14.5. The molecule has 2 fully saturated rings. The summed E-state index contributed by atoms with van der Waals surface area (Å²) in [6, 6.07) is 2.50. The number of likely N-dealkylation sites (tertiary alicyclic amines) is 1. The van der Waals surface area contributed by atoms with Crippen LogP contribution in [-0.4, -0.2) is 70.7 Å². The van der Waals surface area contributed by atoms with E-state index >= 15 is 0 Å². The lowest BCUT2D eigenvalue weighted by molar-refractivity contribution is 0.0470. The first kappa shape index (κ1) is 21.8.